The molecular formula is C9H19NS. The number of rotatable bonds is 3. The molecule has 1 rings (SSSR count). The SMILES string of the molecule is CNC(CS)C1CCCCC1. The van der Waals surface area contributed by atoms with E-state index in [9.17, 15) is 0 Å². The minimum absolute atomic E-state index is 0.652. The molecule has 11 heavy (non-hydrogen) atoms. The van der Waals surface area contributed by atoms with Gasteiger partial charge in [-0.2, -0.15) is 12.6 Å². The fourth-order valence-corrected chi connectivity index (χ4v) is 2.49. The normalized spacial score (nSPS) is 23.5. The molecule has 0 bridgehead atoms. The number of thiol groups is 1. The Labute approximate surface area is 75.4 Å². The first kappa shape index (κ1) is 9.40. The smallest absolute Gasteiger partial charge is 0.0180 e. The third kappa shape index (κ3) is 2.68. The first-order valence-corrected chi connectivity index (χ1v) is 5.30. The van der Waals surface area contributed by atoms with Crippen molar-refractivity contribution in [1.29, 1.82) is 0 Å². The summed E-state index contributed by atoms with van der Waals surface area (Å²) in [7, 11) is 2.05. The number of hydrogen-bond donors (Lipinski definition) is 2. The second kappa shape index (κ2) is 5.04. The summed E-state index contributed by atoms with van der Waals surface area (Å²) in [4.78, 5) is 0. The van der Waals surface area contributed by atoms with Crippen LogP contribution in [0, 0.1) is 5.92 Å². The predicted molar refractivity (Wildman–Crippen MR) is 53.3 cm³/mol. The molecule has 0 aromatic rings. The average molecular weight is 173 g/mol. The van der Waals surface area contributed by atoms with Crippen molar-refractivity contribution in [2.24, 2.45) is 5.92 Å². The minimum atomic E-state index is 0.652. The maximum atomic E-state index is 4.34. The Bertz CT molecular complexity index is 95.7. The van der Waals surface area contributed by atoms with Crippen molar-refractivity contribution in [3.05, 3.63) is 0 Å². The van der Waals surface area contributed by atoms with Crippen molar-refractivity contribution < 1.29 is 0 Å². The van der Waals surface area contributed by atoms with E-state index in [2.05, 4.69) is 25.0 Å². The summed E-state index contributed by atoms with van der Waals surface area (Å²) in [6.45, 7) is 0. The summed E-state index contributed by atoms with van der Waals surface area (Å²) in [6, 6.07) is 0.652. The fraction of sp³-hybridized carbons (Fsp3) is 1.00. The fourth-order valence-electron chi connectivity index (χ4n) is 2.01. The first-order chi connectivity index (χ1) is 5.38. The monoisotopic (exact) mass is 173 g/mol. The van der Waals surface area contributed by atoms with Crippen LogP contribution in [0.1, 0.15) is 32.1 Å². The standard InChI is InChI=1S/C9H19NS/c1-10-9(7-11)8-5-3-2-4-6-8/h8-11H,2-7H2,1H3. The van der Waals surface area contributed by atoms with Crippen molar-refractivity contribution in [3.8, 4) is 0 Å². The Hall–Kier alpha value is 0.310. The molecule has 0 radical (unpaired) electrons. The molecule has 1 N–H and O–H groups in total. The Kier molecular flexibility index (Phi) is 4.31. The van der Waals surface area contributed by atoms with Crippen LogP contribution in [0.4, 0.5) is 0 Å². The van der Waals surface area contributed by atoms with Gasteiger partial charge >= 0.3 is 0 Å². The molecular weight excluding hydrogens is 154 g/mol. The van der Waals surface area contributed by atoms with Crippen LogP contribution in [0.5, 0.6) is 0 Å². The third-order valence-electron chi connectivity index (χ3n) is 2.79. The molecule has 0 aromatic carbocycles. The van der Waals surface area contributed by atoms with Crippen LogP contribution < -0.4 is 5.32 Å². The summed E-state index contributed by atoms with van der Waals surface area (Å²) in [5, 5.41) is 3.35. The Morgan fingerprint density at radius 1 is 1.36 bits per heavy atom. The topological polar surface area (TPSA) is 12.0 Å². The van der Waals surface area contributed by atoms with Crippen molar-refractivity contribution in [3.63, 3.8) is 0 Å². The molecule has 0 spiro atoms. The largest absolute Gasteiger partial charge is 0.316 e. The van der Waals surface area contributed by atoms with Gasteiger partial charge in [0, 0.05) is 11.8 Å². The van der Waals surface area contributed by atoms with Gasteiger partial charge in [0.2, 0.25) is 0 Å². The molecule has 2 heteroatoms. The summed E-state index contributed by atoms with van der Waals surface area (Å²) >= 11 is 4.34. The van der Waals surface area contributed by atoms with Gasteiger partial charge in [-0.1, -0.05) is 19.3 Å². The highest BCUT2D eigenvalue weighted by atomic mass is 32.1. The van der Waals surface area contributed by atoms with Crippen LogP contribution in [-0.2, 0) is 0 Å². The van der Waals surface area contributed by atoms with Crippen LogP contribution >= 0.6 is 12.6 Å². The Morgan fingerprint density at radius 2 is 2.00 bits per heavy atom. The van der Waals surface area contributed by atoms with Crippen LogP contribution in [0.15, 0.2) is 0 Å². The van der Waals surface area contributed by atoms with Crippen LogP contribution in [0.3, 0.4) is 0 Å². The van der Waals surface area contributed by atoms with Gasteiger partial charge in [-0.25, -0.2) is 0 Å². The molecule has 66 valence electrons. The number of hydrogen-bond acceptors (Lipinski definition) is 2. The summed E-state index contributed by atoms with van der Waals surface area (Å²) in [5.74, 6) is 1.88. The molecule has 1 atom stereocenters. The maximum Gasteiger partial charge on any atom is 0.0180 e. The van der Waals surface area contributed by atoms with E-state index in [1.54, 1.807) is 0 Å². The highest BCUT2D eigenvalue weighted by Gasteiger charge is 2.20. The molecule has 1 unspecified atom stereocenters. The second-order valence-corrected chi connectivity index (χ2v) is 3.84. The van der Waals surface area contributed by atoms with Gasteiger partial charge in [-0.3, -0.25) is 0 Å². The molecule has 0 aromatic heterocycles. The molecule has 0 amide bonds. The van der Waals surface area contributed by atoms with Gasteiger partial charge in [-0.05, 0) is 25.8 Å². The minimum Gasteiger partial charge on any atom is -0.316 e. The molecule has 1 aliphatic rings. The molecule has 1 saturated carbocycles. The van der Waals surface area contributed by atoms with E-state index < -0.39 is 0 Å². The lowest BCUT2D eigenvalue weighted by molar-refractivity contribution is 0.295. The second-order valence-electron chi connectivity index (χ2n) is 3.48. The van der Waals surface area contributed by atoms with Gasteiger partial charge in [0.1, 0.15) is 0 Å². The van der Waals surface area contributed by atoms with Crippen molar-refractivity contribution in [2.45, 2.75) is 38.1 Å². The van der Waals surface area contributed by atoms with Gasteiger partial charge < -0.3 is 5.32 Å². The van der Waals surface area contributed by atoms with E-state index in [0.29, 0.717) is 6.04 Å². The molecule has 1 aliphatic carbocycles. The van der Waals surface area contributed by atoms with Crippen molar-refractivity contribution >= 4 is 12.6 Å². The van der Waals surface area contributed by atoms with Crippen molar-refractivity contribution in [1.82, 2.24) is 5.32 Å². The quantitative estimate of drug-likeness (QED) is 0.623. The van der Waals surface area contributed by atoms with E-state index >= 15 is 0 Å². The van der Waals surface area contributed by atoms with Gasteiger partial charge in [0.05, 0.1) is 0 Å². The predicted octanol–water partition coefficient (Wildman–Crippen LogP) is 2.08. The summed E-state index contributed by atoms with van der Waals surface area (Å²) < 4.78 is 0. The third-order valence-corrected chi connectivity index (χ3v) is 3.18. The van der Waals surface area contributed by atoms with Gasteiger partial charge in [-0.15, -0.1) is 0 Å². The zero-order valence-corrected chi connectivity index (χ0v) is 8.24. The highest BCUT2D eigenvalue weighted by molar-refractivity contribution is 7.80. The van der Waals surface area contributed by atoms with E-state index in [1.165, 1.54) is 32.1 Å². The molecule has 1 nitrogen and oxygen atoms in total. The molecule has 0 saturated heterocycles. The molecule has 1 fully saturated rings. The van der Waals surface area contributed by atoms with E-state index in [4.69, 9.17) is 0 Å². The van der Waals surface area contributed by atoms with Gasteiger partial charge in [0.25, 0.3) is 0 Å². The van der Waals surface area contributed by atoms with Crippen LogP contribution in [0.25, 0.3) is 0 Å². The number of nitrogens with one attached hydrogen (secondary N) is 1. The Morgan fingerprint density at radius 3 is 2.45 bits per heavy atom. The van der Waals surface area contributed by atoms with Crippen LogP contribution in [-0.4, -0.2) is 18.8 Å². The zero-order chi connectivity index (χ0) is 8.10. The lowest BCUT2D eigenvalue weighted by Gasteiger charge is -2.28. The van der Waals surface area contributed by atoms with Crippen LogP contribution in [0.2, 0.25) is 0 Å². The summed E-state index contributed by atoms with van der Waals surface area (Å²) in [5.41, 5.74) is 0. The summed E-state index contributed by atoms with van der Waals surface area (Å²) in [6.07, 6.45) is 7.12. The zero-order valence-electron chi connectivity index (χ0n) is 7.34. The van der Waals surface area contributed by atoms with E-state index in [0.717, 1.165) is 11.7 Å². The lowest BCUT2D eigenvalue weighted by Crippen LogP contribution is -2.36. The average Bonchev–Trinajstić information content (AvgIpc) is 2.09. The van der Waals surface area contributed by atoms with E-state index in [-0.39, 0.29) is 0 Å². The van der Waals surface area contributed by atoms with Crippen molar-refractivity contribution in [2.75, 3.05) is 12.8 Å². The Balaban J connectivity index is 2.30. The van der Waals surface area contributed by atoms with Gasteiger partial charge in [0.15, 0.2) is 0 Å². The first-order valence-electron chi connectivity index (χ1n) is 4.66. The lowest BCUT2D eigenvalue weighted by atomic mass is 9.84. The molecule has 0 aliphatic heterocycles. The molecule has 0 heterocycles. The van der Waals surface area contributed by atoms with E-state index in [1.807, 2.05) is 0 Å². The highest BCUT2D eigenvalue weighted by Crippen LogP contribution is 2.26. The maximum absolute atomic E-state index is 4.34.